The molecule has 0 fully saturated rings. The molecule has 2 aromatic heterocycles. The summed E-state index contributed by atoms with van der Waals surface area (Å²) in [4.78, 5) is 24.9. The third kappa shape index (κ3) is 5.31. The first-order valence-electron chi connectivity index (χ1n) is 11.2. The van der Waals surface area contributed by atoms with E-state index < -0.39 is 5.97 Å². The van der Waals surface area contributed by atoms with Gasteiger partial charge in [0.2, 0.25) is 0 Å². The molecule has 2 heterocycles. The molecule has 0 amide bonds. The van der Waals surface area contributed by atoms with E-state index in [0.717, 1.165) is 16.6 Å². The standard InChI is InChI=1S/C27H25N5O3/c1-4-34-27(33)21(18-7-5-17(15-28)6-8-18)14-20-10-12-24(35-20)26-31-22-11-9-19(13-23(22)32-26)25(29)30-16(2)3/h5-14,16H,4H2,1-3H3,(H2,29,30)(H,31,32)/b21-14+. The fraction of sp³-hybridized carbons (Fsp3) is 0.185. The third-order valence-electron chi connectivity index (χ3n) is 5.14. The fourth-order valence-corrected chi connectivity index (χ4v) is 3.53. The van der Waals surface area contributed by atoms with E-state index in [0.29, 0.717) is 39.9 Å². The average molecular weight is 468 g/mol. The molecule has 4 aromatic rings. The Labute approximate surface area is 202 Å². The smallest absolute Gasteiger partial charge is 0.338 e. The quantitative estimate of drug-likeness (QED) is 0.172. The Balaban J connectivity index is 1.67. The van der Waals surface area contributed by atoms with Crippen LogP contribution >= 0.6 is 0 Å². The molecule has 4 rings (SSSR count). The minimum absolute atomic E-state index is 0.0985. The molecule has 8 heteroatoms. The van der Waals surface area contributed by atoms with Crippen molar-refractivity contribution in [1.29, 1.82) is 5.26 Å². The Kier molecular flexibility index (Phi) is 6.78. The maximum absolute atomic E-state index is 12.6. The first-order chi connectivity index (χ1) is 16.9. The van der Waals surface area contributed by atoms with Gasteiger partial charge in [-0.15, -0.1) is 0 Å². The van der Waals surface area contributed by atoms with E-state index >= 15 is 0 Å². The molecule has 35 heavy (non-hydrogen) atoms. The number of furan rings is 1. The number of fused-ring (bicyclic) bond motifs is 1. The second-order valence-corrected chi connectivity index (χ2v) is 8.10. The minimum atomic E-state index is -0.480. The van der Waals surface area contributed by atoms with Crippen LogP contribution in [0.5, 0.6) is 0 Å². The van der Waals surface area contributed by atoms with Crippen LogP contribution in [-0.4, -0.2) is 34.4 Å². The number of nitrogens with one attached hydrogen (secondary N) is 1. The van der Waals surface area contributed by atoms with E-state index in [-0.39, 0.29) is 12.6 Å². The molecule has 2 aromatic carbocycles. The number of esters is 1. The normalized spacial score (nSPS) is 12.2. The Morgan fingerprint density at radius 1 is 1.20 bits per heavy atom. The van der Waals surface area contributed by atoms with Crippen molar-refractivity contribution < 1.29 is 13.9 Å². The van der Waals surface area contributed by atoms with Crippen molar-refractivity contribution in [3.8, 4) is 17.7 Å². The summed E-state index contributed by atoms with van der Waals surface area (Å²) in [7, 11) is 0. The van der Waals surface area contributed by atoms with E-state index in [1.54, 1.807) is 49.4 Å². The molecule has 0 aliphatic rings. The maximum atomic E-state index is 12.6. The van der Waals surface area contributed by atoms with Gasteiger partial charge in [0.1, 0.15) is 11.6 Å². The molecular weight excluding hydrogens is 442 g/mol. The van der Waals surface area contributed by atoms with Crippen LogP contribution in [0.4, 0.5) is 0 Å². The van der Waals surface area contributed by atoms with Gasteiger partial charge in [-0.25, -0.2) is 9.78 Å². The van der Waals surface area contributed by atoms with Gasteiger partial charge in [-0.3, -0.25) is 4.99 Å². The van der Waals surface area contributed by atoms with Crippen LogP contribution in [0.2, 0.25) is 0 Å². The van der Waals surface area contributed by atoms with E-state index in [1.165, 1.54) is 0 Å². The lowest BCUT2D eigenvalue weighted by atomic mass is 10.0. The number of carbonyl (C=O) groups excluding carboxylic acids is 1. The van der Waals surface area contributed by atoms with Gasteiger partial charge in [-0.05, 0) is 74.9 Å². The van der Waals surface area contributed by atoms with Crippen molar-refractivity contribution in [3.05, 3.63) is 77.0 Å². The lowest BCUT2D eigenvalue weighted by molar-refractivity contribution is -0.136. The number of aromatic nitrogens is 2. The minimum Gasteiger partial charge on any atom is -0.462 e. The van der Waals surface area contributed by atoms with Crippen molar-refractivity contribution >= 4 is 34.5 Å². The van der Waals surface area contributed by atoms with E-state index in [1.807, 2.05) is 32.0 Å². The van der Waals surface area contributed by atoms with Crippen LogP contribution in [0.1, 0.15) is 43.2 Å². The second-order valence-electron chi connectivity index (χ2n) is 8.10. The zero-order valence-corrected chi connectivity index (χ0v) is 19.7. The summed E-state index contributed by atoms with van der Waals surface area (Å²) in [6.07, 6.45) is 1.62. The van der Waals surface area contributed by atoms with Crippen molar-refractivity contribution in [3.63, 3.8) is 0 Å². The topological polar surface area (TPSA) is 130 Å². The fourth-order valence-electron chi connectivity index (χ4n) is 3.53. The zero-order valence-electron chi connectivity index (χ0n) is 19.7. The van der Waals surface area contributed by atoms with Gasteiger partial charge in [-0.2, -0.15) is 5.26 Å². The lowest BCUT2D eigenvalue weighted by Gasteiger charge is -2.07. The molecule has 3 N–H and O–H groups in total. The van der Waals surface area contributed by atoms with Crippen LogP contribution in [-0.2, 0) is 9.53 Å². The van der Waals surface area contributed by atoms with E-state index in [4.69, 9.17) is 20.1 Å². The molecule has 0 spiro atoms. The molecule has 0 saturated heterocycles. The number of nitrogens with two attached hydrogens (primary N) is 1. The number of hydrogen-bond donors (Lipinski definition) is 2. The number of aromatic amines is 1. The van der Waals surface area contributed by atoms with Gasteiger partial charge < -0.3 is 19.9 Å². The Morgan fingerprint density at radius 3 is 2.63 bits per heavy atom. The molecule has 176 valence electrons. The van der Waals surface area contributed by atoms with Crippen LogP contribution in [0.3, 0.4) is 0 Å². The molecule has 0 radical (unpaired) electrons. The molecule has 8 nitrogen and oxygen atoms in total. The van der Waals surface area contributed by atoms with Gasteiger partial charge >= 0.3 is 5.97 Å². The number of nitriles is 1. The summed E-state index contributed by atoms with van der Waals surface area (Å²) in [6.45, 7) is 5.92. The number of carbonyl (C=O) groups is 1. The van der Waals surface area contributed by atoms with Crippen LogP contribution in [0, 0.1) is 11.3 Å². The number of nitrogens with zero attached hydrogens (tertiary/aromatic N) is 3. The van der Waals surface area contributed by atoms with Crippen molar-refractivity contribution in [2.45, 2.75) is 26.8 Å². The number of rotatable bonds is 7. The number of amidine groups is 1. The molecular formula is C27H25N5O3. The molecule has 0 atom stereocenters. The van der Waals surface area contributed by atoms with Gasteiger partial charge in [0.05, 0.1) is 34.8 Å². The third-order valence-corrected chi connectivity index (χ3v) is 5.14. The highest BCUT2D eigenvalue weighted by Gasteiger charge is 2.16. The van der Waals surface area contributed by atoms with Gasteiger partial charge in [-0.1, -0.05) is 12.1 Å². The Morgan fingerprint density at radius 2 is 1.94 bits per heavy atom. The highest BCUT2D eigenvalue weighted by atomic mass is 16.5. The highest BCUT2D eigenvalue weighted by molar-refractivity contribution is 6.21. The predicted molar refractivity (Wildman–Crippen MR) is 135 cm³/mol. The van der Waals surface area contributed by atoms with Gasteiger partial charge in [0, 0.05) is 11.6 Å². The first-order valence-corrected chi connectivity index (χ1v) is 11.2. The summed E-state index contributed by atoms with van der Waals surface area (Å²) in [6, 6.07) is 18.1. The maximum Gasteiger partial charge on any atom is 0.338 e. The van der Waals surface area contributed by atoms with E-state index in [2.05, 4.69) is 21.0 Å². The molecule has 0 aliphatic carbocycles. The monoisotopic (exact) mass is 467 g/mol. The second kappa shape index (κ2) is 10.1. The van der Waals surface area contributed by atoms with Crippen molar-refractivity contribution in [1.82, 2.24) is 9.97 Å². The molecule has 0 bridgehead atoms. The van der Waals surface area contributed by atoms with Crippen LogP contribution in [0.15, 0.2) is 64.0 Å². The predicted octanol–water partition coefficient (Wildman–Crippen LogP) is 4.91. The first kappa shape index (κ1) is 23.5. The summed E-state index contributed by atoms with van der Waals surface area (Å²) < 4.78 is 11.2. The summed E-state index contributed by atoms with van der Waals surface area (Å²) in [5.41, 5.74) is 9.93. The van der Waals surface area contributed by atoms with Crippen molar-refractivity contribution in [2.24, 2.45) is 10.7 Å². The zero-order chi connectivity index (χ0) is 24.9. The van der Waals surface area contributed by atoms with Gasteiger partial charge in [0.25, 0.3) is 0 Å². The van der Waals surface area contributed by atoms with Crippen LogP contribution < -0.4 is 5.73 Å². The largest absolute Gasteiger partial charge is 0.462 e. The Hall–Kier alpha value is -4.64. The number of hydrogen-bond acceptors (Lipinski definition) is 6. The summed E-state index contributed by atoms with van der Waals surface area (Å²) in [5, 5.41) is 9.04. The number of ether oxygens (including phenoxy) is 1. The molecule has 0 unspecified atom stereocenters. The Bertz CT molecular complexity index is 1470. The average Bonchev–Trinajstić information content (AvgIpc) is 3.48. The molecule has 0 saturated carbocycles. The highest BCUT2D eigenvalue weighted by Crippen LogP contribution is 2.27. The number of imidazole rings is 1. The van der Waals surface area contributed by atoms with Crippen LogP contribution in [0.25, 0.3) is 34.3 Å². The number of H-pyrrole nitrogens is 1. The van der Waals surface area contributed by atoms with Gasteiger partial charge in [0.15, 0.2) is 11.6 Å². The lowest BCUT2D eigenvalue weighted by Crippen LogP contribution is -2.15. The molecule has 0 aliphatic heterocycles. The summed E-state index contributed by atoms with van der Waals surface area (Å²) >= 11 is 0. The van der Waals surface area contributed by atoms with E-state index in [9.17, 15) is 4.79 Å². The number of benzene rings is 2. The number of aliphatic imine (C=N–C) groups is 1. The SMILES string of the molecule is CCOC(=O)/C(=C/c1ccc(-c2nc3ccc(C(N)=NC(C)C)cc3[nH]2)o1)c1ccc(C#N)cc1. The van der Waals surface area contributed by atoms with Crippen molar-refractivity contribution in [2.75, 3.05) is 6.61 Å². The summed E-state index contributed by atoms with van der Waals surface area (Å²) in [5.74, 6) is 1.51.